The van der Waals surface area contributed by atoms with Crippen molar-refractivity contribution < 1.29 is 9.47 Å². The summed E-state index contributed by atoms with van der Waals surface area (Å²) in [6.45, 7) is 2.80. The predicted molar refractivity (Wildman–Crippen MR) is 97.0 cm³/mol. The number of para-hydroxylation sites is 1. The normalized spacial score (nSPS) is 10.8. The van der Waals surface area contributed by atoms with Gasteiger partial charge in [-0.15, -0.1) is 0 Å². The Morgan fingerprint density at radius 1 is 1.04 bits per heavy atom. The number of benzene rings is 2. The third-order valence-corrected chi connectivity index (χ3v) is 3.98. The zero-order valence-corrected chi connectivity index (χ0v) is 14.0. The average molecular weight is 323 g/mol. The van der Waals surface area contributed by atoms with E-state index in [1.807, 2.05) is 42.5 Å². The number of fused-ring (bicyclic) bond motifs is 1. The molecule has 3 aromatic rings. The highest BCUT2D eigenvalue weighted by Crippen LogP contribution is 2.35. The van der Waals surface area contributed by atoms with Gasteiger partial charge in [-0.25, -0.2) is 0 Å². The number of H-pyrrole nitrogens is 1. The van der Waals surface area contributed by atoms with Gasteiger partial charge in [0.25, 0.3) is 0 Å². The van der Waals surface area contributed by atoms with E-state index in [4.69, 9.17) is 9.47 Å². The lowest BCUT2D eigenvalue weighted by Crippen LogP contribution is -2.06. The van der Waals surface area contributed by atoms with Gasteiger partial charge in [-0.3, -0.25) is 4.79 Å². The third kappa shape index (κ3) is 3.27. The van der Waals surface area contributed by atoms with Crippen LogP contribution in [0, 0.1) is 0 Å². The fraction of sp³-hybridized carbons (Fsp3) is 0.250. The Balaban J connectivity index is 2.17. The van der Waals surface area contributed by atoms with E-state index >= 15 is 0 Å². The molecular formula is C20H21NO3. The minimum absolute atomic E-state index is 0.133. The number of methoxy groups -OCH3 is 1. The summed E-state index contributed by atoms with van der Waals surface area (Å²) in [7, 11) is 1.63. The van der Waals surface area contributed by atoms with Gasteiger partial charge in [-0.1, -0.05) is 31.5 Å². The summed E-state index contributed by atoms with van der Waals surface area (Å²) in [6.07, 6.45) is 2.07. The first-order valence-corrected chi connectivity index (χ1v) is 8.16. The van der Waals surface area contributed by atoms with E-state index in [1.54, 1.807) is 13.2 Å². The van der Waals surface area contributed by atoms with E-state index in [0.29, 0.717) is 6.61 Å². The van der Waals surface area contributed by atoms with Crippen molar-refractivity contribution in [2.24, 2.45) is 0 Å². The fourth-order valence-electron chi connectivity index (χ4n) is 2.72. The van der Waals surface area contributed by atoms with Crippen molar-refractivity contribution in [3.05, 3.63) is 58.9 Å². The molecule has 0 unspecified atom stereocenters. The van der Waals surface area contributed by atoms with Crippen molar-refractivity contribution in [3.8, 4) is 22.6 Å². The highest BCUT2D eigenvalue weighted by atomic mass is 16.5. The summed E-state index contributed by atoms with van der Waals surface area (Å²) in [5.41, 5.74) is 2.41. The zero-order chi connectivity index (χ0) is 16.9. The van der Waals surface area contributed by atoms with Crippen LogP contribution in [0.4, 0.5) is 0 Å². The Kier molecular flexibility index (Phi) is 4.85. The van der Waals surface area contributed by atoms with E-state index in [-0.39, 0.29) is 5.56 Å². The van der Waals surface area contributed by atoms with Crippen LogP contribution in [0.15, 0.2) is 53.3 Å². The molecule has 24 heavy (non-hydrogen) atoms. The van der Waals surface area contributed by atoms with Gasteiger partial charge in [0.2, 0.25) is 5.56 Å². The van der Waals surface area contributed by atoms with Crippen LogP contribution in [0.3, 0.4) is 0 Å². The molecule has 1 aromatic heterocycles. The Morgan fingerprint density at radius 3 is 2.67 bits per heavy atom. The molecule has 1 N–H and O–H groups in total. The first kappa shape index (κ1) is 16.1. The van der Waals surface area contributed by atoms with Crippen molar-refractivity contribution in [3.63, 3.8) is 0 Å². The summed E-state index contributed by atoms with van der Waals surface area (Å²) < 4.78 is 11.3. The van der Waals surface area contributed by atoms with Gasteiger partial charge in [-0.05, 0) is 30.7 Å². The minimum atomic E-state index is -0.133. The average Bonchev–Trinajstić information content (AvgIpc) is 2.61. The molecule has 124 valence electrons. The van der Waals surface area contributed by atoms with Crippen LogP contribution in [0.25, 0.3) is 22.0 Å². The molecule has 0 saturated heterocycles. The number of aromatic amines is 1. The van der Waals surface area contributed by atoms with Gasteiger partial charge < -0.3 is 14.5 Å². The van der Waals surface area contributed by atoms with Gasteiger partial charge in [0.05, 0.1) is 13.7 Å². The maximum Gasteiger partial charge on any atom is 0.249 e. The molecule has 0 spiro atoms. The molecule has 0 aliphatic rings. The maximum absolute atomic E-state index is 12.1. The Labute approximate surface area is 141 Å². The van der Waals surface area contributed by atoms with E-state index in [0.717, 1.165) is 46.4 Å². The van der Waals surface area contributed by atoms with Crippen molar-refractivity contribution in [1.82, 2.24) is 4.98 Å². The third-order valence-electron chi connectivity index (χ3n) is 3.98. The second-order valence-corrected chi connectivity index (χ2v) is 5.66. The summed E-state index contributed by atoms with van der Waals surface area (Å²) in [5.74, 6) is 1.54. The van der Waals surface area contributed by atoms with Crippen LogP contribution >= 0.6 is 0 Å². The number of nitrogens with one attached hydrogen (secondary N) is 1. The molecule has 4 heteroatoms. The molecule has 0 fully saturated rings. The van der Waals surface area contributed by atoms with Gasteiger partial charge in [0.15, 0.2) is 0 Å². The fourth-order valence-corrected chi connectivity index (χ4v) is 2.72. The molecule has 4 nitrogen and oxygen atoms in total. The topological polar surface area (TPSA) is 51.3 Å². The largest absolute Gasteiger partial charge is 0.497 e. The number of hydrogen-bond donors (Lipinski definition) is 1. The highest BCUT2D eigenvalue weighted by Gasteiger charge is 2.12. The van der Waals surface area contributed by atoms with E-state index in [9.17, 15) is 4.79 Å². The number of pyridine rings is 1. The lowest BCUT2D eigenvalue weighted by atomic mass is 10.00. The van der Waals surface area contributed by atoms with Crippen LogP contribution in [0.2, 0.25) is 0 Å². The second kappa shape index (κ2) is 7.21. The van der Waals surface area contributed by atoms with E-state index < -0.39 is 0 Å². The lowest BCUT2D eigenvalue weighted by Gasteiger charge is -2.13. The first-order valence-electron chi connectivity index (χ1n) is 8.16. The molecule has 0 aliphatic carbocycles. The number of aromatic nitrogens is 1. The molecule has 0 amide bonds. The number of rotatable bonds is 6. The van der Waals surface area contributed by atoms with Crippen molar-refractivity contribution in [1.29, 1.82) is 0 Å². The number of hydrogen-bond acceptors (Lipinski definition) is 3. The monoisotopic (exact) mass is 323 g/mol. The molecular weight excluding hydrogens is 302 g/mol. The van der Waals surface area contributed by atoms with E-state index in [2.05, 4.69) is 11.9 Å². The van der Waals surface area contributed by atoms with Crippen LogP contribution < -0.4 is 15.0 Å². The van der Waals surface area contributed by atoms with Crippen LogP contribution in [-0.4, -0.2) is 18.7 Å². The van der Waals surface area contributed by atoms with Gasteiger partial charge in [-0.2, -0.15) is 0 Å². The molecule has 1 heterocycles. The van der Waals surface area contributed by atoms with Crippen molar-refractivity contribution in [2.45, 2.75) is 19.8 Å². The van der Waals surface area contributed by atoms with Gasteiger partial charge in [0.1, 0.15) is 11.5 Å². The standard InChI is InChI=1S/C20H21NO3/c1-3-4-11-24-19-8-6-5-7-15(19)16-13-20(22)21-18-10-9-14(23-2)12-17(16)18/h5-10,12-13H,3-4,11H2,1-2H3,(H,21,22). The highest BCUT2D eigenvalue weighted by molar-refractivity contribution is 5.96. The maximum atomic E-state index is 12.1. The quantitative estimate of drug-likeness (QED) is 0.685. The molecule has 0 saturated carbocycles. The smallest absolute Gasteiger partial charge is 0.249 e. The summed E-state index contributed by atoms with van der Waals surface area (Å²) in [4.78, 5) is 14.9. The van der Waals surface area contributed by atoms with Gasteiger partial charge >= 0.3 is 0 Å². The molecule has 0 atom stereocenters. The number of unbranched alkanes of at least 4 members (excludes halogenated alkanes) is 1. The molecule has 3 rings (SSSR count). The van der Waals surface area contributed by atoms with Crippen LogP contribution in [-0.2, 0) is 0 Å². The predicted octanol–water partition coefficient (Wildman–Crippen LogP) is 4.38. The summed E-state index contributed by atoms with van der Waals surface area (Å²) >= 11 is 0. The van der Waals surface area contributed by atoms with Gasteiger partial charge in [0, 0.05) is 28.1 Å². The van der Waals surface area contributed by atoms with Crippen molar-refractivity contribution >= 4 is 10.9 Å². The summed E-state index contributed by atoms with van der Waals surface area (Å²) in [5, 5.41) is 0.931. The molecule has 0 radical (unpaired) electrons. The Hall–Kier alpha value is -2.75. The van der Waals surface area contributed by atoms with Crippen LogP contribution in [0.1, 0.15) is 19.8 Å². The Bertz CT molecular complexity index is 899. The minimum Gasteiger partial charge on any atom is -0.497 e. The molecule has 0 bridgehead atoms. The second-order valence-electron chi connectivity index (χ2n) is 5.66. The SMILES string of the molecule is CCCCOc1ccccc1-c1cc(=O)[nH]c2ccc(OC)cc12. The molecule has 2 aromatic carbocycles. The van der Waals surface area contributed by atoms with E-state index in [1.165, 1.54) is 0 Å². The summed E-state index contributed by atoms with van der Waals surface area (Å²) in [6, 6.07) is 15.1. The Morgan fingerprint density at radius 2 is 1.88 bits per heavy atom. The lowest BCUT2D eigenvalue weighted by molar-refractivity contribution is 0.310. The zero-order valence-electron chi connectivity index (χ0n) is 14.0. The first-order chi connectivity index (χ1) is 11.7. The molecule has 0 aliphatic heterocycles. The van der Waals surface area contributed by atoms with Crippen molar-refractivity contribution in [2.75, 3.05) is 13.7 Å². The number of ether oxygens (including phenoxy) is 2. The van der Waals surface area contributed by atoms with Crippen LogP contribution in [0.5, 0.6) is 11.5 Å².